The van der Waals surface area contributed by atoms with Gasteiger partial charge in [0.1, 0.15) is 0 Å². The van der Waals surface area contributed by atoms with Gasteiger partial charge in [-0.05, 0) is 12.8 Å². The van der Waals surface area contributed by atoms with E-state index in [2.05, 4.69) is 45.5 Å². The van der Waals surface area contributed by atoms with E-state index in [1.54, 1.807) is 0 Å². The number of allylic oxidation sites excluding steroid dienone is 2. The third-order valence-corrected chi connectivity index (χ3v) is 1.91. The van der Waals surface area contributed by atoms with Crippen molar-refractivity contribution in [2.45, 2.75) is 32.6 Å². The molecule has 0 saturated heterocycles. The van der Waals surface area contributed by atoms with E-state index in [0.29, 0.717) is 13.1 Å². The largest absolute Gasteiger partial charge is 0.314 e. The van der Waals surface area contributed by atoms with E-state index in [1.807, 2.05) is 0 Å². The van der Waals surface area contributed by atoms with Crippen molar-refractivity contribution in [1.29, 1.82) is 0 Å². The van der Waals surface area contributed by atoms with E-state index in [9.17, 15) is 4.79 Å². The van der Waals surface area contributed by atoms with Gasteiger partial charge >= 0.3 is 0 Å². The van der Waals surface area contributed by atoms with Gasteiger partial charge in [-0.25, -0.2) is 0 Å². The molecule has 0 heterocycles. The van der Waals surface area contributed by atoms with Crippen molar-refractivity contribution >= 4 is 5.91 Å². The lowest BCUT2D eigenvalue weighted by Crippen LogP contribution is -2.45. The van der Waals surface area contributed by atoms with Crippen LogP contribution in [-0.4, -0.2) is 38.2 Å². The smallest absolute Gasteiger partial charge is 0.224 e. The summed E-state index contributed by atoms with van der Waals surface area (Å²) in [5, 5.41) is 2.91. The third-order valence-electron chi connectivity index (χ3n) is 1.91. The van der Waals surface area contributed by atoms with Crippen molar-refractivity contribution in [3.05, 3.63) is 12.2 Å². The molecule has 88 valence electrons. The maximum atomic E-state index is 11.4. The van der Waals surface area contributed by atoms with E-state index < -0.39 is 0 Å². The molecule has 0 saturated carbocycles. The lowest BCUT2D eigenvalue weighted by molar-refractivity contribution is -0.872. The Morgan fingerprint density at radius 1 is 1.20 bits per heavy atom. The zero-order chi connectivity index (χ0) is 11.7. The van der Waals surface area contributed by atoms with Crippen LogP contribution in [0.25, 0.3) is 0 Å². The van der Waals surface area contributed by atoms with Gasteiger partial charge in [0.05, 0.1) is 21.1 Å². The number of nitrogens with one attached hydrogen (secondary N) is 1. The predicted octanol–water partition coefficient (Wildman–Crippen LogP) is 1.90. The Bertz CT molecular complexity index is 204. The summed E-state index contributed by atoms with van der Waals surface area (Å²) in [4.78, 5) is 11.4. The second-order valence-corrected chi connectivity index (χ2v) is 4.85. The second-order valence-electron chi connectivity index (χ2n) is 4.85. The molecule has 1 amide bonds. The minimum Gasteiger partial charge on any atom is -0.314 e. The summed E-state index contributed by atoms with van der Waals surface area (Å²) in [5.74, 6) is 0.143. The molecular weight excluding hydrogens is 188 g/mol. The van der Waals surface area contributed by atoms with Crippen molar-refractivity contribution in [3.8, 4) is 0 Å². The Labute approximate surface area is 93.7 Å². The summed E-state index contributed by atoms with van der Waals surface area (Å²) in [6.07, 6.45) is 7.97. The van der Waals surface area contributed by atoms with Crippen LogP contribution >= 0.6 is 0 Å². The molecule has 0 aromatic rings. The zero-order valence-corrected chi connectivity index (χ0v) is 10.5. The number of rotatable bonds is 7. The molecule has 0 atom stereocenters. The van der Waals surface area contributed by atoms with Gasteiger partial charge in [-0.3, -0.25) is 4.79 Å². The van der Waals surface area contributed by atoms with Gasteiger partial charge in [0.25, 0.3) is 0 Å². The van der Waals surface area contributed by atoms with Crippen molar-refractivity contribution in [3.63, 3.8) is 0 Å². The molecule has 0 rings (SSSR count). The summed E-state index contributed by atoms with van der Waals surface area (Å²) >= 11 is 0. The van der Waals surface area contributed by atoms with Crippen molar-refractivity contribution in [2.75, 3.05) is 27.8 Å². The highest BCUT2D eigenvalue weighted by molar-refractivity contribution is 5.75. The molecule has 3 nitrogen and oxygen atoms in total. The molecule has 0 spiro atoms. The summed E-state index contributed by atoms with van der Waals surface area (Å²) in [6.45, 7) is 2.84. The number of hydrogen-bond donors (Lipinski definition) is 1. The molecule has 0 aliphatic rings. The van der Waals surface area contributed by atoms with Crippen LogP contribution in [0.5, 0.6) is 0 Å². The molecule has 0 fully saturated rings. The Kier molecular flexibility index (Phi) is 7.05. The Morgan fingerprint density at radius 3 is 2.33 bits per heavy atom. The molecule has 1 N–H and O–H groups in total. The summed E-state index contributed by atoms with van der Waals surface area (Å²) in [5.41, 5.74) is 0. The number of quaternary nitrogens is 1. The number of amides is 1. The summed E-state index contributed by atoms with van der Waals surface area (Å²) in [7, 11) is 6.17. The van der Waals surface area contributed by atoms with E-state index >= 15 is 0 Å². The summed E-state index contributed by atoms with van der Waals surface area (Å²) < 4.78 is 0.761. The average Bonchev–Trinajstić information content (AvgIpc) is 2.13. The zero-order valence-electron chi connectivity index (χ0n) is 10.5. The van der Waals surface area contributed by atoms with Gasteiger partial charge < -0.3 is 9.80 Å². The van der Waals surface area contributed by atoms with Crippen LogP contribution in [0.1, 0.15) is 32.6 Å². The monoisotopic (exact) mass is 213 g/mol. The standard InChI is InChI=1S/C12H24N2O/c1-5-6-7-8-9-10-12(15)13-11-14(2,3)4/h7-8H,5-6,9-11H2,1-4H3/p+1/b8-7+. The first kappa shape index (κ1) is 14.2. The fourth-order valence-corrected chi connectivity index (χ4v) is 1.03. The van der Waals surface area contributed by atoms with Crippen molar-refractivity contribution < 1.29 is 9.28 Å². The van der Waals surface area contributed by atoms with Gasteiger partial charge in [-0.2, -0.15) is 0 Å². The molecule has 0 radical (unpaired) electrons. The van der Waals surface area contributed by atoms with Gasteiger partial charge in [-0.15, -0.1) is 0 Å². The van der Waals surface area contributed by atoms with Gasteiger partial charge in [-0.1, -0.05) is 25.5 Å². The van der Waals surface area contributed by atoms with Crippen LogP contribution in [0.2, 0.25) is 0 Å². The minimum atomic E-state index is 0.143. The molecule has 0 bridgehead atoms. The highest BCUT2D eigenvalue weighted by Gasteiger charge is 2.08. The van der Waals surface area contributed by atoms with Crippen LogP contribution in [0, 0.1) is 0 Å². The number of nitrogens with zero attached hydrogens (tertiary/aromatic N) is 1. The van der Waals surface area contributed by atoms with E-state index in [0.717, 1.165) is 17.3 Å². The van der Waals surface area contributed by atoms with Crippen LogP contribution in [0.4, 0.5) is 0 Å². The van der Waals surface area contributed by atoms with Crippen LogP contribution in [-0.2, 0) is 4.79 Å². The maximum absolute atomic E-state index is 11.4. The van der Waals surface area contributed by atoms with E-state index in [-0.39, 0.29) is 5.91 Å². The average molecular weight is 213 g/mol. The first-order chi connectivity index (χ1) is 6.95. The molecule has 15 heavy (non-hydrogen) atoms. The number of carbonyl (C=O) groups excluding carboxylic acids is 1. The highest BCUT2D eigenvalue weighted by Crippen LogP contribution is 1.95. The van der Waals surface area contributed by atoms with Crippen molar-refractivity contribution in [1.82, 2.24) is 5.32 Å². The quantitative estimate of drug-likeness (QED) is 0.391. The fraction of sp³-hybridized carbons (Fsp3) is 0.750. The summed E-state index contributed by atoms with van der Waals surface area (Å²) in [6, 6.07) is 0. The Balaban J connectivity index is 3.50. The number of carbonyl (C=O) groups is 1. The third kappa shape index (κ3) is 11.1. The van der Waals surface area contributed by atoms with Crippen LogP contribution in [0.15, 0.2) is 12.2 Å². The highest BCUT2D eigenvalue weighted by atomic mass is 16.1. The molecular formula is C12H25N2O+. The number of unbranched alkanes of at least 4 members (excludes halogenated alkanes) is 1. The van der Waals surface area contributed by atoms with Gasteiger partial charge in [0.2, 0.25) is 5.91 Å². The topological polar surface area (TPSA) is 29.1 Å². The Hall–Kier alpha value is -0.830. The predicted molar refractivity (Wildman–Crippen MR) is 64.3 cm³/mol. The lowest BCUT2D eigenvalue weighted by Gasteiger charge is -2.23. The SMILES string of the molecule is CCC/C=C/CCC(=O)NC[N+](C)(C)C. The molecule has 0 aliphatic heterocycles. The maximum Gasteiger partial charge on any atom is 0.224 e. The molecule has 0 aliphatic carbocycles. The molecule has 0 unspecified atom stereocenters. The first-order valence-corrected chi connectivity index (χ1v) is 5.68. The van der Waals surface area contributed by atoms with E-state index in [4.69, 9.17) is 0 Å². The lowest BCUT2D eigenvalue weighted by atomic mass is 10.2. The normalized spacial score (nSPS) is 12.0. The molecule has 0 aromatic carbocycles. The first-order valence-electron chi connectivity index (χ1n) is 5.68. The van der Waals surface area contributed by atoms with Gasteiger partial charge in [0, 0.05) is 6.42 Å². The van der Waals surface area contributed by atoms with Crippen LogP contribution in [0.3, 0.4) is 0 Å². The van der Waals surface area contributed by atoms with E-state index in [1.165, 1.54) is 6.42 Å². The van der Waals surface area contributed by atoms with Crippen LogP contribution < -0.4 is 5.32 Å². The fourth-order valence-electron chi connectivity index (χ4n) is 1.03. The number of hydrogen-bond acceptors (Lipinski definition) is 1. The minimum absolute atomic E-state index is 0.143. The van der Waals surface area contributed by atoms with Gasteiger partial charge in [0.15, 0.2) is 6.67 Å². The molecule has 0 aromatic heterocycles. The molecule has 3 heteroatoms. The van der Waals surface area contributed by atoms with Crippen molar-refractivity contribution in [2.24, 2.45) is 0 Å². The Morgan fingerprint density at radius 2 is 1.80 bits per heavy atom. The second kappa shape index (κ2) is 7.46.